The molecule has 0 aromatic heterocycles. The number of alkyl halides is 2. The fourth-order valence-corrected chi connectivity index (χ4v) is 2.65. The van der Waals surface area contributed by atoms with Crippen LogP contribution in [0.1, 0.15) is 12.0 Å². The summed E-state index contributed by atoms with van der Waals surface area (Å²) in [4.78, 5) is 11.4. The van der Waals surface area contributed by atoms with Gasteiger partial charge in [-0.25, -0.2) is 8.78 Å². The van der Waals surface area contributed by atoms with Crippen molar-refractivity contribution in [3.63, 3.8) is 0 Å². The van der Waals surface area contributed by atoms with Gasteiger partial charge in [0, 0.05) is 6.42 Å². The number of hydrogen-bond acceptors (Lipinski definition) is 1. The Morgan fingerprint density at radius 1 is 1.00 bits per heavy atom. The fourth-order valence-electron chi connectivity index (χ4n) is 2.65. The normalized spacial score (nSPS) is 23.3. The Labute approximate surface area is 114 Å². The summed E-state index contributed by atoms with van der Waals surface area (Å²) in [5.41, 5.74) is -0.609. The molecule has 0 heterocycles. The zero-order valence-electron chi connectivity index (χ0n) is 10.5. The second-order valence-corrected chi connectivity index (χ2v) is 5.00. The number of hydrogen-bond donors (Lipinski definition) is 1. The molecule has 1 N–H and O–H groups in total. The topological polar surface area (TPSA) is 37.3 Å². The summed E-state index contributed by atoms with van der Waals surface area (Å²) in [5.74, 6) is -4.66. The van der Waals surface area contributed by atoms with Crippen LogP contribution in [0.25, 0.3) is 11.1 Å². The molecule has 1 aliphatic carbocycles. The van der Waals surface area contributed by atoms with Gasteiger partial charge >= 0.3 is 5.97 Å². The third-order valence-electron chi connectivity index (χ3n) is 3.82. The van der Waals surface area contributed by atoms with E-state index in [2.05, 4.69) is 0 Å². The van der Waals surface area contributed by atoms with Gasteiger partial charge in [0.1, 0.15) is 0 Å². The number of carbonyl (C=O) groups is 1. The van der Waals surface area contributed by atoms with Crippen molar-refractivity contribution in [1.82, 2.24) is 0 Å². The van der Waals surface area contributed by atoms with Crippen LogP contribution in [0.4, 0.5) is 8.78 Å². The summed E-state index contributed by atoms with van der Waals surface area (Å²) in [7, 11) is 0. The zero-order chi connectivity index (χ0) is 14.4. The van der Waals surface area contributed by atoms with Crippen LogP contribution in [-0.4, -0.2) is 17.0 Å². The molecule has 2 aromatic carbocycles. The summed E-state index contributed by atoms with van der Waals surface area (Å²) < 4.78 is 27.4. The van der Waals surface area contributed by atoms with E-state index >= 15 is 0 Å². The highest BCUT2D eigenvalue weighted by Gasteiger charge is 2.77. The summed E-state index contributed by atoms with van der Waals surface area (Å²) in [6.45, 7) is 0. The van der Waals surface area contributed by atoms with Crippen LogP contribution in [-0.2, 0) is 10.2 Å². The number of benzene rings is 2. The van der Waals surface area contributed by atoms with Gasteiger partial charge in [0.05, 0.1) is 0 Å². The lowest BCUT2D eigenvalue weighted by molar-refractivity contribution is -0.142. The zero-order valence-corrected chi connectivity index (χ0v) is 10.5. The fraction of sp³-hybridized carbons (Fsp3) is 0.188. The highest BCUT2D eigenvalue weighted by atomic mass is 19.3. The van der Waals surface area contributed by atoms with E-state index in [0.29, 0.717) is 5.56 Å². The molecule has 1 saturated carbocycles. The Morgan fingerprint density at radius 3 is 2.10 bits per heavy atom. The lowest BCUT2D eigenvalue weighted by Crippen LogP contribution is -2.27. The molecule has 1 atom stereocenters. The van der Waals surface area contributed by atoms with Gasteiger partial charge in [-0.1, -0.05) is 54.6 Å². The smallest absolute Gasteiger partial charge is 0.320 e. The molecule has 0 spiro atoms. The molecule has 1 fully saturated rings. The van der Waals surface area contributed by atoms with E-state index in [1.807, 2.05) is 6.07 Å². The first-order valence-corrected chi connectivity index (χ1v) is 6.25. The maximum atomic E-state index is 13.7. The van der Waals surface area contributed by atoms with Crippen LogP contribution in [0.15, 0.2) is 54.6 Å². The van der Waals surface area contributed by atoms with Crippen LogP contribution < -0.4 is 0 Å². The van der Waals surface area contributed by atoms with Crippen molar-refractivity contribution < 1.29 is 18.7 Å². The summed E-state index contributed by atoms with van der Waals surface area (Å²) >= 11 is 0. The van der Waals surface area contributed by atoms with Crippen molar-refractivity contribution in [3.05, 3.63) is 60.2 Å². The van der Waals surface area contributed by atoms with E-state index in [4.69, 9.17) is 0 Å². The Bertz CT molecular complexity index is 667. The molecule has 1 aliphatic rings. The van der Waals surface area contributed by atoms with E-state index < -0.39 is 23.7 Å². The van der Waals surface area contributed by atoms with Gasteiger partial charge in [0.15, 0.2) is 5.41 Å². The number of halogens is 2. The second-order valence-electron chi connectivity index (χ2n) is 5.00. The van der Waals surface area contributed by atoms with E-state index in [-0.39, 0.29) is 5.56 Å². The first-order chi connectivity index (χ1) is 9.49. The molecule has 4 heteroatoms. The van der Waals surface area contributed by atoms with E-state index in [1.165, 1.54) is 6.07 Å². The van der Waals surface area contributed by atoms with Crippen LogP contribution >= 0.6 is 0 Å². The molecule has 2 aromatic rings. The SMILES string of the molecule is O=C(O)C1(c2ccccc2-c2ccccc2)CC1(F)F. The molecule has 102 valence electrons. The quantitative estimate of drug-likeness (QED) is 0.926. The minimum absolute atomic E-state index is 0.184. The number of aliphatic carboxylic acids is 1. The van der Waals surface area contributed by atoms with E-state index in [1.54, 1.807) is 42.5 Å². The van der Waals surface area contributed by atoms with Gasteiger partial charge in [-0.05, 0) is 16.7 Å². The van der Waals surface area contributed by atoms with Crippen LogP contribution in [0.2, 0.25) is 0 Å². The van der Waals surface area contributed by atoms with Crippen LogP contribution in [0.3, 0.4) is 0 Å². The Morgan fingerprint density at radius 2 is 1.55 bits per heavy atom. The van der Waals surface area contributed by atoms with E-state index in [0.717, 1.165) is 5.56 Å². The molecule has 3 rings (SSSR count). The number of carboxylic acids is 1. The van der Waals surface area contributed by atoms with Crippen LogP contribution in [0.5, 0.6) is 0 Å². The average Bonchev–Trinajstić information content (AvgIpc) is 3.04. The third-order valence-corrected chi connectivity index (χ3v) is 3.82. The third kappa shape index (κ3) is 1.64. The molecule has 2 nitrogen and oxygen atoms in total. The summed E-state index contributed by atoms with van der Waals surface area (Å²) in [6, 6.07) is 15.5. The largest absolute Gasteiger partial charge is 0.480 e. The molecule has 0 radical (unpaired) electrons. The molecule has 1 unspecified atom stereocenters. The highest BCUT2D eigenvalue weighted by molar-refractivity contribution is 5.91. The van der Waals surface area contributed by atoms with Crippen LogP contribution in [0, 0.1) is 0 Å². The molecule has 0 aliphatic heterocycles. The molecular weight excluding hydrogens is 262 g/mol. The second kappa shape index (κ2) is 4.13. The first kappa shape index (κ1) is 12.8. The Balaban J connectivity index is 2.20. The minimum atomic E-state index is -3.19. The van der Waals surface area contributed by atoms with Crippen molar-refractivity contribution in [2.75, 3.05) is 0 Å². The van der Waals surface area contributed by atoms with Crippen molar-refractivity contribution in [1.29, 1.82) is 0 Å². The highest BCUT2D eigenvalue weighted by Crippen LogP contribution is 2.63. The summed E-state index contributed by atoms with van der Waals surface area (Å²) in [5, 5.41) is 9.28. The monoisotopic (exact) mass is 274 g/mol. The van der Waals surface area contributed by atoms with Gasteiger partial charge < -0.3 is 5.11 Å². The lowest BCUT2D eigenvalue weighted by atomic mass is 9.87. The molecule has 0 saturated heterocycles. The van der Waals surface area contributed by atoms with Crippen molar-refractivity contribution >= 4 is 5.97 Å². The molecular formula is C16H12F2O2. The minimum Gasteiger partial charge on any atom is -0.480 e. The van der Waals surface area contributed by atoms with Crippen molar-refractivity contribution in [3.8, 4) is 11.1 Å². The predicted molar refractivity (Wildman–Crippen MR) is 70.8 cm³/mol. The lowest BCUT2D eigenvalue weighted by Gasteiger charge is -2.16. The average molecular weight is 274 g/mol. The van der Waals surface area contributed by atoms with E-state index in [9.17, 15) is 18.7 Å². The number of carboxylic acid groups (broad SMARTS) is 1. The molecule has 0 amide bonds. The Hall–Kier alpha value is -2.23. The standard InChI is InChI=1S/C16H12F2O2/c17-16(18)10-15(16,14(19)20)13-9-5-4-8-12(13)11-6-2-1-3-7-11/h1-9H,10H2,(H,19,20). The van der Waals surface area contributed by atoms with Gasteiger partial charge in [-0.3, -0.25) is 4.79 Å². The summed E-state index contributed by atoms with van der Waals surface area (Å²) in [6.07, 6.45) is -0.640. The first-order valence-electron chi connectivity index (χ1n) is 6.25. The van der Waals surface area contributed by atoms with Crippen molar-refractivity contribution in [2.24, 2.45) is 0 Å². The van der Waals surface area contributed by atoms with Gasteiger partial charge in [0.25, 0.3) is 5.92 Å². The maximum absolute atomic E-state index is 13.7. The maximum Gasteiger partial charge on any atom is 0.320 e. The molecule has 0 bridgehead atoms. The van der Waals surface area contributed by atoms with Gasteiger partial charge in [-0.15, -0.1) is 0 Å². The molecule has 20 heavy (non-hydrogen) atoms. The van der Waals surface area contributed by atoms with Crippen molar-refractivity contribution in [2.45, 2.75) is 17.8 Å². The number of rotatable bonds is 3. The predicted octanol–water partition coefficient (Wildman–Crippen LogP) is 3.72. The van der Waals surface area contributed by atoms with Gasteiger partial charge in [-0.2, -0.15) is 0 Å². The van der Waals surface area contributed by atoms with Gasteiger partial charge in [0.2, 0.25) is 0 Å². The Kier molecular flexibility index (Phi) is 2.64.